The van der Waals surface area contributed by atoms with Gasteiger partial charge in [-0.15, -0.1) is 0 Å². The first kappa shape index (κ1) is 26.0. The minimum Gasteiger partial charge on any atom is -1.00 e. The molecule has 0 aromatic heterocycles. The van der Waals surface area contributed by atoms with Gasteiger partial charge in [0, 0.05) is 0 Å². The summed E-state index contributed by atoms with van der Waals surface area (Å²) >= 11 is 0. The van der Waals surface area contributed by atoms with Gasteiger partial charge in [-0.2, -0.15) is 0 Å². The number of halogens is 2. The van der Waals surface area contributed by atoms with E-state index in [2.05, 4.69) is 4.85 Å². The third-order valence-electron chi connectivity index (χ3n) is 4.48. The Morgan fingerprint density at radius 1 is 1.15 bits per heavy atom. The van der Waals surface area contributed by atoms with Crippen molar-refractivity contribution in [2.45, 2.75) is 31.8 Å². The summed E-state index contributed by atoms with van der Waals surface area (Å²) in [5.41, 5.74) is 1.23. The molecule has 0 aliphatic carbocycles. The molecule has 3 nitrogen and oxygen atoms in total. The topological polar surface area (TPSA) is 30.7 Å². The van der Waals surface area contributed by atoms with Crippen LogP contribution in [-0.2, 0) is 12.0 Å². The van der Waals surface area contributed by atoms with Crippen LogP contribution in [0.5, 0.6) is 0 Å². The van der Waals surface area contributed by atoms with E-state index in [-0.39, 0.29) is 45.9 Å². The molecule has 2 aromatic carbocycles. The first-order chi connectivity index (χ1) is 11.9. The number of hydrogen-bond donors (Lipinski definition) is 0. The van der Waals surface area contributed by atoms with Crippen molar-refractivity contribution >= 4 is 28.7 Å². The Kier molecular flexibility index (Phi) is 11.4. The van der Waals surface area contributed by atoms with Crippen molar-refractivity contribution in [2.75, 3.05) is 20.6 Å². The standard InChI is InChI=1S/C21H24FN2O.BrH.Mg/c1-5-16-15-19(23-2)11-12-20(16)21(25,13-6-14-24(3)4)17-7-9-18(22)10-8-17;;/h7-12,15H,5-6,13-14H2,1,3-4H3;1H;/q-1;;+2/p-1. The molecule has 0 amide bonds. The van der Waals surface area contributed by atoms with E-state index in [0.717, 1.165) is 18.5 Å². The van der Waals surface area contributed by atoms with E-state index in [1.807, 2.05) is 25.9 Å². The first-order valence-corrected chi connectivity index (χ1v) is 8.52. The molecular formula is C21H24BrFMgN2O. The van der Waals surface area contributed by atoms with Crippen molar-refractivity contribution in [3.63, 3.8) is 0 Å². The molecule has 0 fully saturated rings. The summed E-state index contributed by atoms with van der Waals surface area (Å²) in [6.07, 6.45) is 1.83. The molecule has 2 aromatic rings. The molecule has 0 spiro atoms. The Hall–Kier alpha value is -0.974. The van der Waals surface area contributed by atoms with Crippen molar-refractivity contribution in [1.29, 1.82) is 0 Å². The fourth-order valence-electron chi connectivity index (χ4n) is 3.13. The summed E-state index contributed by atoms with van der Waals surface area (Å²) in [5, 5.41) is 14.0. The summed E-state index contributed by atoms with van der Waals surface area (Å²) < 4.78 is 13.3. The van der Waals surface area contributed by atoms with Crippen LogP contribution in [0.25, 0.3) is 4.85 Å². The second-order valence-electron chi connectivity index (χ2n) is 6.55. The fourth-order valence-corrected chi connectivity index (χ4v) is 3.13. The SMILES string of the molecule is [Br-].[C-]#[N+]c1ccc(C([O-])(CCCN(C)C)c2ccc(F)cc2)c(CC)c1.[Mg+2]. The summed E-state index contributed by atoms with van der Waals surface area (Å²) in [6.45, 7) is 9.98. The zero-order valence-corrected chi connectivity index (χ0v) is 19.1. The van der Waals surface area contributed by atoms with Gasteiger partial charge in [-0.25, -0.2) is 9.24 Å². The first-order valence-electron chi connectivity index (χ1n) is 8.52. The molecule has 0 heterocycles. The Balaban J connectivity index is 0.00000338. The van der Waals surface area contributed by atoms with Gasteiger partial charge in [0.15, 0.2) is 5.69 Å². The molecule has 1 unspecified atom stereocenters. The van der Waals surface area contributed by atoms with Crippen LogP contribution in [0.2, 0.25) is 0 Å². The summed E-state index contributed by atoms with van der Waals surface area (Å²) in [6, 6.07) is 11.1. The third kappa shape index (κ3) is 6.55. The van der Waals surface area contributed by atoms with Crippen LogP contribution >= 0.6 is 0 Å². The van der Waals surface area contributed by atoms with E-state index in [0.29, 0.717) is 29.7 Å². The van der Waals surface area contributed by atoms with Crippen molar-refractivity contribution < 1.29 is 26.5 Å². The summed E-state index contributed by atoms with van der Waals surface area (Å²) in [5.74, 6) is -0.349. The molecule has 0 N–H and O–H groups in total. The Morgan fingerprint density at radius 3 is 2.30 bits per heavy atom. The Bertz CT molecular complexity index is 762. The van der Waals surface area contributed by atoms with Crippen LogP contribution < -0.4 is 22.1 Å². The number of rotatable bonds is 7. The van der Waals surface area contributed by atoms with Gasteiger partial charge in [0.2, 0.25) is 0 Å². The van der Waals surface area contributed by atoms with Gasteiger partial charge in [0.05, 0.1) is 6.57 Å². The maximum Gasteiger partial charge on any atom is 2.00 e. The second kappa shape index (κ2) is 11.8. The molecule has 6 heteroatoms. The van der Waals surface area contributed by atoms with Crippen molar-refractivity contribution in [1.82, 2.24) is 4.90 Å². The van der Waals surface area contributed by atoms with Crippen LogP contribution in [-0.4, -0.2) is 48.6 Å². The molecule has 140 valence electrons. The fraction of sp³-hybridized carbons (Fsp3) is 0.381. The molecule has 0 aliphatic heterocycles. The predicted octanol–water partition coefficient (Wildman–Crippen LogP) is 0.508. The maximum atomic E-state index is 14.0. The monoisotopic (exact) mass is 442 g/mol. The van der Waals surface area contributed by atoms with Crippen LogP contribution in [0, 0.1) is 12.4 Å². The number of hydrogen-bond acceptors (Lipinski definition) is 2. The minimum atomic E-state index is -1.45. The molecule has 27 heavy (non-hydrogen) atoms. The van der Waals surface area contributed by atoms with Gasteiger partial charge in [-0.3, -0.25) is 0 Å². The molecule has 0 saturated heterocycles. The average Bonchev–Trinajstić information content (AvgIpc) is 2.61. The predicted molar refractivity (Wildman–Crippen MR) is 103 cm³/mol. The van der Waals surface area contributed by atoms with Gasteiger partial charge < -0.3 is 27.0 Å². The summed E-state index contributed by atoms with van der Waals surface area (Å²) in [7, 11) is 3.96. The van der Waals surface area contributed by atoms with Gasteiger partial charge in [0.1, 0.15) is 5.82 Å². The average molecular weight is 444 g/mol. The molecule has 0 saturated carbocycles. The van der Waals surface area contributed by atoms with Crippen molar-refractivity contribution in [2.24, 2.45) is 0 Å². The largest absolute Gasteiger partial charge is 2.00 e. The van der Waals surface area contributed by atoms with E-state index in [9.17, 15) is 9.50 Å². The van der Waals surface area contributed by atoms with E-state index in [4.69, 9.17) is 6.57 Å². The smallest absolute Gasteiger partial charge is 1.00 e. The molecule has 1 atom stereocenters. The third-order valence-corrected chi connectivity index (χ3v) is 4.48. The van der Waals surface area contributed by atoms with Crippen LogP contribution in [0.3, 0.4) is 0 Å². The van der Waals surface area contributed by atoms with Gasteiger partial charge in [0.25, 0.3) is 0 Å². The second-order valence-corrected chi connectivity index (χ2v) is 6.55. The molecule has 0 bridgehead atoms. The quantitative estimate of drug-likeness (QED) is 0.461. The maximum absolute atomic E-state index is 14.0. The Morgan fingerprint density at radius 2 is 1.78 bits per heavy atom. The zero-order chi connectivity index (χ0) is 18.4. The number of aryl methyl sites for hydroxylation is 1. The minimum absolute atomic E-state index is 0. The van der Waals surface area contributed by atoms with E-state index in [1.165, 1.54) is 12.1 Å². The zero-order valence-electron chi connectivity index (χ0n) is 16.1. The van der Waals surface area contributed by atoms with Gasteiger partial charge in [-0.1, -0.05) is 66.0 Å². The number of benzene rings is 2. The number of nitrogens with zero attached hydrogens (tertiary/aromatic N) is 2. The van der Waals surface area contributed by atoms with E-state index in [1.54, 1.807) is 30.3 Å². The normalized spacial score (nSPS) is 12.5. The van der Waals surface area contributed by atoms with Crippen LogP contribution in [0.1, 0.15) is 36.5 Å². The summed E-state index contributed by atoms with van der Waals surface area (Å²) in [4.78, 5) is 5.51. The van der Waals surface area contributed by atoms with Crippen molar-refractivity contribution in [3.8, 4) is 0 Å². The van der Waals surface area contributed by atoms with Crippen LogP contribution in [0.4, 0.5) is 10.1 Å². The Labute approximate surface area is 188 Å². The molecule has 2 rings (SSSR count). The van der Waals surface area contributed by atoms with Gasteiger partial charge >= 0.3 is 23.1 Å². The van der Waals surface area contributed by atoms with Crippen LogP contribution in [0.15, 0.2) is 42.5 Å². The molecule has 0 radical (unpaired) electrons. The molecular weight excluding hydrogens is 419 g/mol. The molecule has 0 aliphatic rings. The van der Waals surface area contributed by atoms with E-state index < -0.39 is 5.60 Å². The van der Waals surface area contributed by atoms with Crippen molar-refractivity contribution in [3.05, 3.63) is 76.4 Å². The van der Waals surface area contributed by atoms with Gasteiger partial charge in [-0.05, 0) is 45.6 Å². The van der Waals surface area contributed by atoms with E-state index >= 15 is 0 Å².